The zero-order chi connectivity index (χ0) is 17.4. The van der Waals surface area contributed by atoms with Crippen LogP contribution in [0.1, 0.15) is 11.1 Å². The summed E-state index contributed by atoms with van der Waals surface area (Å²) >= 11 is 0. The number of aliphatic hydroxyl groups excluding tert-OH is 1. The van der Waals surface area contributed by atoms with Crippen molar-refractivity contribution in [3.63, 3.8) is 0 Å². The molecule has 2 aromatic rings. The summed E-state index contributed by atoms with van der Waals surface area (Å²) in [5.41, 5.74) is 3.45. The first-order chi connectivity index (χ1) is 11.6. The zero-order valence-corrected chi connectivity index (χ0v) is 13.7. The number of anilines is 2. The molecule has 0 saturated heterocycles. The van der Waals surface area contributed by atoms with Crippen molar-refractivity contribution in [2.75, 3.05) is 30.4 Å². The summed E-state index contributed by atoms with van der Waals surface area (Å²) in [5, 5.41) is 20.7. The second kappa shape index (κ2) is 8.70. The van der Waals surface area contributed by atoms with E-state index in [9.17, 15) is 4.79 Å². The lowest BCUT2D eigenvalue weighted by molar-refractivity contribution is -0.115. The maximum absolute atomic E-state index is 12.2. The number of hydrogen-bond donors (Lipinski definition) is 2. The van der Waals surface area contributed by atoms with Gasteiger partial charge in [-0.05, 0) is 35.4 Å². The molecule has 124 valence electrons. The Morgan fingerprint density at radius 3 is 2.46 bits per heavy atom. The molecule has 2 aromatic carbocycles. The van der Waals surface area contributed by atoms with E-state index in [0.29, 0.717) is 13.0 Å². The number of amides is 1. The molecule has 5 heteroatoms. The molecule has 0 aliphatic rings. The van der Waals surface area contributed by atoms with Crippen molar-refractivity contribution in [2.45, 2.75) is 12.8 Å². The standard InChI is InChI=1S/C19H21N3O2/c1-22(12-13-23)18-8-6-17(7-9-18)21-19(24)14-16-5-3-2-4-15(16)10-11-20/h2-9,23H,10,12-14H2,1H3,(H,21,24). The van der Waals surface area contributed by atoms with Gasteiger partial charge in [-0.2, -0.15) is 5.26 Å². The highest BCUT2D eigenvalue weighted by Crippen LogP contribution is 2.17. The minimum atomic E-state index is -0.114. The van der Waals surface area contributed by atoms with Gasteiger partial charge in [-0.1, -0.05) is 24.3 Å². The highest BCUT2D eigenvalue weighted by Gasteiger charge is 2.08. The van der Waals surface area contributed by atoms with E-state index in [0.717, 1.165) is 22.5 Å². The number of aliphatic hydroxyl groups is 1. The van der Waals surface area contributed by atoms with Gasteiger partial charge < -0.3 is 15.3 Å². The Labute approximate surface area is 142 Å². The van der Waals surface area contributed by atoms with Crippen molar-refractivity contribution < 1.29 is 9.90 Å². The minimum absolute atomic E-state index is 0.0943. The number of benzene rings is 2. The van der Waals surface area contributed by atoms with Crippen LogP contribution in [-0.4, -0.2) is 31.2 Å². The molecular formula is C19H21N3O2. The normalized spacial score (nSPS) is 10.0. The fraction of sp³-hybridized carbons (Fsp3) is 0.263. The van der Waals surface area contributed by atoms with E-state index in [1.807, 2.05) is 60.5 Å². The Kier molecular flexibility index (Phi) is 6.35. The molecule has 0 heterocycles. The van der Waals surface area contributed by atoms with Crippen LogP contribution in [0.2, 0.25) is 0 Å². The largest absolute Gasteiger partial charge is 0.395 e. The molecule has 0 atom stereocenters. The molecular weight excluding hydrogens is 302 g/mol. The van der Waals surface area contributed by atoms with Gasteiger partial charge in [0.05, 0.1) is 25.5 Å². The maximum Gasteiger partial charge on any atom is 0.228 e. The summed E-state index contributed by atoms with van der Waals surface area (Å²) in [6.07, 6.45) is 0.541. The average molecular weight is 323 g/mol. The molecule has 0 bridgehead atoms. The van der Waals surface area contributed by atoms with Crippen LogP contribution in [0.5, 0.6) is 0 Å². The number of hydrogen-bond acceptors (Lipinski definition) is 4. The van der Waals surface area contributed by atoms with Gasteiger partial charge in [-0.3, -0.25) is 4.79 Å². The van der Waals surface area contributed by atoms with Crippen LogP contribution in [-0.2, 0) is 17.6 Å². The minimum Gasteiger partial charge on any atom is -0.395 e. The number of carbonyl (C=O) groups excluding carboxylic acids is 1. The topological polar surface area (TPSA) is 76.4 Å². The van der Waals surface area contributed by atoms with Crippen LogP contribution in [0.4, 0.5) is 11.4 Å². The first-order valence-corrected chi connectivity index (χ1v) is 7.79. The highest BCUT2D eigenvalue weighted by atomic mass is 16.3. The Morgan fingerprint density at radius 1 is 1.17 bits per heavy atom. The lowest BCUT2D eigenvalue weighted by Gasteiger charge is -2.18. The molecule has 2 rings (SSSR count). The lowest BCUT2D eigenvalue weighted by Crippen LogP contribution is -2.21. The number of nitrogens with one attached hydrogen (secondary N) is 1. The van der Waals surface area contributed by atoms with Crippen LogP contribution < -0.4 is 10.2 Å². The maximum atomic E-state index is 12.2. The third kappa shape index (κ3) is 4.83. The van der Waals surface area contributed by atoms with Crippen LogP contribution in [0.15, 0.2) is 48.5 Å². The molecule has 0 radical (unpaired) electrons. The predicted octanol–water partition coefficient (Wildman–Crippen LogP) is 2.36. The molecule has 0 fully saturated rings. The van der Waals surface area contributed by atoms with E-state index in [4.69, 9.17) is 10.4 Å². The van der Waals surface area contributed by atoms with E-state index in [1.54, 1.807) is 0 Å². The number of nitriles is 1. The fourth-order valence-electron chi connectivity index (χ4n) is 2.44. The first kappa shape index (κ1) is 17.5. The van der Waals surface area contributed by atoms with Crippen molar-refractivity contribution in [2.24, 2.45) is 0 Å². The Bertz CT molecular complexity index is 720. The smallest absolute Gasteiger partial charge is 0.228 e. The average Bonchev–Trinajstić information content (AvgIpc) is 2.58. The van der Waals surface area contributed by atoms with Gasteiger partial charge in [0.25, 0.3) is 0 Å². The summed E-state index contributed by atoms with van der Waals surface area (Å²) < 4.78 is 0. The van der Waals surface area contributed by atoms with Crippen LogP contribution in [0, 0.1) is 11.3 Å². The van der Waals surface area contributed by atoms with Gasteiger partial charge in [0, 0.05) is 25.0 Å². The van der Waals surface area contributed by atoms with Crippen LogP contribution >= 0.6 is 0 Å². The molecule has 0 aliphatic heterocycles. The van der Waals surface area contributed by atoms with E-state index >= 15 is 0 Å². The third-order valence-corrected chi connectivity index (χ3v) is 3.77. The second-order valence-corrected chi connectivity index (χ2v) is 5.52. The van der Waals surface area contributed by atoms with Crippen LogP contribution in [0.25, 0.3) is 0 Å². The van der Waals surface area contributed by atoms with Gasteiger partial charge in [-0.15, -0.1) is 0 Å². The number of carbonyl (C=O) groups is 1. The highest BCUT2D eigenvalue weighted by molar-refractivity contribution is 5.92. The van der Waals surface area contributed by atoms with E-state index in [2.05, 4.69) is 11.4 Å². The Hall–Kier alpha value is -2.84. The van der Waals surface area contributed by atoms with Crippen molar-refractivity contribution in [1.82, 2.24) is 0 Å². The van der Waals surface area contributed by atoms with Gasteiger partial charge >= 0.3 is 0 Å². The summed E-state index contributed by atoms with van der Waals surface area (Å²) in [5.74, 6) is -0.114. The molecule has 0 saturated carbocycles. The molecule has 0 unspecified atom stereocenters. The van der Waals surface area contributed by atoms with Crippen molar-refractivity contribution in [3.05, 3.63) is 59.7 Å². The second-order valence-electron chi connectivity index (χ2n) is 5.52. The third-order valence-electron chi connectivity index (χ3n) is 3.77. The molecule has 0 spiro atoms. The summed E-state index contributed by atoms with van der Waals surface area (Å²) in [6, 6.07) is 17.1. The number of rotatable bonds is 7. The van der Waals surface area contributed by atoms with Crippen LogP contribution in [0.3, 0.4) is 0 Å². The molecule has 5 nitrogen and oxygen atoms in total. The van der Waals surface area contributed by atoms with Gasteiger partial charge in [-0.25, -0.2) is 0 Å². The Balaban J connectivity index is 1.99. The van der Waals surface area contributed by atoms with Crippen molar-refractivity contribution in [1.29, 1.82) is 5.26 Å². The molecule has 0 aromatic heterocycles. The molecule has 0 aliphatic carbocycles. The molecule has 24 heavy (non-hydrogen) atoms. The zero-order valence-electron chi connectivity index (χ0n) is 13.7. The predicted molar refractivity (Wildman–Crippen MR) is 94.9 cm³/mol. The van der Waals surface area contributed by atoms with Gasteiger partial charge in [0.2, 0.25) is 5.91 Å². The van der Waals surface area contributed by atoms with Gasteiger partial charge in [0.15, 0.2) is 0 Å². The quantitative estimate of drug-likeness (QED) is 0.820. The monoisotopic (exact) mass is 323 g/mol. The Morgan fingerprint density at radius 2 is 1.83 bits per heavy atom. The summed E-state index contributed by atoms with van der Waals surface area (Å²) in [4.78, 5) is 14.2. The van der Waals surface area contributed by atoms with Crippen molar-refractivity contribution in [3.8, 4) is 6.07 Å². The number of likely N-dealkylation sites (N-methyl/N-ethyl adjacent to an activating group) is 1. The summed E-state index contributed by atoms with van der Waals surface area (Å²) in [7, 11) is 1.90. The fourth-order valence-corrected chi connectivity index (χ4v) is 2.44. The molecule has 2 N–H and O–H groups in total. The van der Waals surface area contributed by atoms with E-state index < -0.39 is 0 Å². The lowest BCUT2D eigenvalue weighted by atomic mass is 10.0. The first-order valence-electron chi connectivity index (χ1n) is 7.79. The van der Waals surface area contributed by atoms with Gasteiger partial charge in [0.1, 0.15) is 0 Å². The number of nitrogens with zero attached hydrogens (tertiary/aromatic N) is 2. The molecule has 1 amide bonds. The van der Waals surface area contributed by atoms with E-state index in [-0.39, 0.29) is 18.9 Å². The van der Waals surface area contributed by atoms with E-state index in [1.165, 1.54) is 0 Å². The summed E-state index contributed by atoms with van der Waals surface area (Å²) in [6.45, 7) is 0.651. The van der Waals surface area contributed by atoms with Crippen molar-refractivity contribution >= 4 is 17.3 Å². The SMILES string of the molecule is CN(CCO)c1ccc(NC(=O)Cc2ccccc2CC#N)cc1.